The molecule has 1 saturated heterocycles. The lowest BCUT2D eigenvalue weighted by Crippen LogP contribution is -2.48. The first-order valence-electron chi connectivity index (χ1n) is 6.94. The number of carbonyl (C=O) groups is 1. The van der Waals surface area contributed by atoms with Crippen molar-refractivity contribution in [2.24, 2.45) is 0 Å². The number of fused-ring (bicyclic) bond motifs is 1. The van der Waals surface area contributed by atoms with E-state index in [1.165, 1.54) is 0 Å². The Labute approximate surface area is 118 Å². The van der Waals surface area contributed by atoms with Crippen LogP contribution in [0.4, 0.5) is 0 Å². The van der Waals surface area contributed by atoms with Gasteiger partial charge in [0, 0.05) is 18.5 Å². The molecule has 0 spiro atoms. The lowest BCUT2D eigenvalue weighted by Gasteiger charge is -2.35. The molecule has 1 fully saturated rings. The van der Waals surface area contributed by atoms with Gasteiger partial charge in [-0.25, -0.2) is 4.98 Å². The molecule has 4 heteroatoms. The van der Waals surface area contributed by atoms with Crippen molar-refractivity contribution < 1.29 is 9.53 Å². The van der Waals surface area contributed by atoms with E-state index in [2.05, 4.69) is 4.98 Å². The van der Waals surface area contributed by atoms with Gasteiger partial charge in [0.15, 0.2) is 0 Å². The molecular weight excluding hydrogens is 252 g/mol. The summed E-state index contributed by atoms with van der Waals surface area (Å²) < 4.78 is 5.66. The zero-order chi connectivity index (χ0) is 14.1. The van der Waals surface area contributed by atoms with Crippen LogP contribution in [0.15, 0.2) is 36.4 Å². The molecule has 4 nitrogen and oxygen atoms in total. The number of amides is 1. The second-order valence-electron chi connectivity index (χ2n) is 5.36. The molecule has 0 unspecified atom stereocenters. The van der Waals surface area contributed by atoms with Gasteiger partial charge in [0.1, 0.15) is 5.69 Å². The van der Waals surface area contributed by atoms with E-state index in [9.17, 15) is 4.79 Å². The summed E-state index contributed by atoms with van der Waals surface area (Å²) in [4.78, 5) is 18.8. The third-order valence-corrected chi connectivity index (χ3v) is 3.52. The largest absolute Gasteiger partial charge is 0.372 e. The molecule has 104 valence electrons. The van der Waals surface area contributed by atoms with Crippen LogP contribution in [-0.2, 0) is 4.74 Å². The zero-order valence-corrected chi connectivity index (χ0v) is 11.7. The van der Waals surface area contributed by atoms with Crippen molar-refractivity contribution in [3.05, 3.63) is 42.1 Å². The highest BCUT2D eigenvalue weighted by Gasteiger charge is 2.27. The predicted molar refractivity (Wildman–Crippen MR) is 77.7 cm³/mol. The molecular formula is C16H18N2O2. The van der Waals surface area contributed by atoms with E-state index in [0.717, 1.165) is 10.9 Å². The number of rotatable bonds is 1. The van der Waals surface area contributed by atoms with Crippen molar-refractivity contribution in [2.75, 3.05) is 13.1 Å². The second-order valence-corrected chi connectivity index (χ2v) is 5.36. The standard InChI is InChI=1S/C16H18N2O2/c1-11-9-18(10-12(2)20-11)16(19)15-8-7-13-5-3-4-6-14(13)17-15/h3-8,11-12H,9-10H2,1-2H3/t11-,12-/m0/s1. The molecule has 2 aromatic rings. The summed E-state index contributed by atoms with van der Waals surface area (Å²) >= 11 is 0. The first-order chi connectivity index (χ1) is 9.63. The van der Waals surface area contributed by atoms with Crippen LogP contribution in [0.2, 0.25) is 0 Å². The fourth-order valence-corrected chi connectivity index (χ4v) is 2.69. The van der Waals surface area contributed by atoms with Crippen LogP contribution in [0.5, 0.6) is 0 Å². The van der Waals surface area contributed by atoms with Gasteiger partial charge in [0.05, 0.1) is 17.7 Å². The minimum Gasteiger partial charge on any atom is -0.372 e. The molecule has 0 radical (unpaired) electrons. The molecule has 1 aliphatic rings. The second kappa shape index (κ2) is 5.21. The topological polar surface area (TPSA) is 42.4 Å². The number of aromatic nitrogens is 1. The molecule has 1 aliphatic heterocycles. The summed E-state index contributed by atoms with van der Waals surface area (Å²) in [5.41, 5.74) is 1.36. The Morgan fingerprint density at radius 3 is 2.60 bits per heavy atom. The molecule has 20 heavy (non-hydrogen) atoms. The molecule has 0 bridgehead atoms. The summed E-state index contributed by atoms with van der Waals surface area (Å²) in [6, 6.07) is 11.6. The van der Waals surface area contributed by atoms with Crippen LogP contribution in [0.25, 0.3) is 10.9 Å². The van der Waals surface area contributed by atoms with Crippen molar-refractivity contribution in [3.8, 4) is 0 Å². The monoisotopic (exact) mass is 270 g/mol. The lowest BCUT2D eigenvalue weighted by molar-refractivity contribution is -0.0587. The van der Waals surface area contributed by atoms with Gasteiger partial charge in [-0.1, -0.05) is 24.3 Å². The van der Waals surface area contributed by atoms with Gasteiger partial charge in [-0.15, -0.1) is 0 Å². The van der Waals surface area contributed by atoms with Crippen molar-refractivity contribution in [1.82, 2.24) is 9.88 Å². The molecule has 0 N–H and O–H groups in total. The van der Waals surface area contributed by atoms with Gasteiger partial charge in [-0.05, 0) is 26.0 Å². The van der Waals surface area contributed by atoms with E-state index in [1.807, 2.05) is 49.1 Å². The van der Waals surface area contributed by atoms with Crippen LogP contribution >= 0.6 is 0 Å². The highest BCUT2D eigenvalue weighted by molar-refractivity contribution is 5.95. The quantitative estimate of drug-likeness (QED) is 0.799. The summed E-state index contributed by atoms with van der Waals surface area (Å²) in [5, 5.41) is 1.05. The third-order valence-electron chi connectivity index (χ3n) is 3.52. The number of nitrogens with zero attached hydrogens (tertiary/aromatic N) is 2. The highest BCUT2D eigenvalue weighted by Crippen LogP contribution is 2.16. The van der Waals surface area contributed by atoms with Gasteiger partial charge in [0.25, 0.3) is 5.91 Å². The van der Waals surface area contributed by atoms with Crippen LogP contribution in [0.3, 0.4) is 0 Å². The van der Waals surface area contributed by atoms with E-state index >= 15 is 0 Å². The summed E-state index contributed by atoms with van der Waals surface area (Å²) in [5.74, 6) is -0.0160. The number of benzene rings is 1. The van der Waals surface area contributed by atoms with Crippen LogP contribution < -0.4 is 0 Å². The lowest BCUT2D eigenvalue weighted by atomic mass is 10.1. The fourth-order valence-electron chi connectivity index (χ4n) is 2.69. The Morgan fingerprint density at radius 2 is 1.85 bits per heavy atom. The Kier molecular flexibility index (Phi) is 3.40. The van der Waals surface area contributed by atoms with Gasteiger partial charge >= 0.3 is 0 Å². The van der Waals surface area contributed by atoms with Gasteiger partial charge < -0.3 is 9.64 Å². The van der Waals surface area contributed by atoms with Crippen molar-refractivity contribution in [2.45, 2.75) is 26.1 Å². The molecule has 1 aromatic heterocycles. The van der Waals surface area contributed by atoms with Gasteiger partial charge in [0.2, 0.25) is 0 Å². The first-order valence-corrected chi connectivity index (χ1v) is 6.94. The number of morpholine rings is 1. The van der Waals surface area contributed by atoms with Crippen LogP contribution in [0, 0.1) is 0 Å². The Bertz CT molecular complexity index is 631. The number of hydrogen-bond donors (Lipinski definition) is 0. The van der Waals surface area contributed by atoms with Crippen molar-refractivity contribution >= 4 is 16.8 Å². The van der Waals surface area contributed by atoms with Crippen LogP contribution in [0.1, 0.15) is 24.3 Å². The molecule has 1 aromatic carbocycles. The maximum absolute atomic E-state index is 12.5. The van der Waals surface area contributed by atoms with E-state index in [-0.39, 0.29) is 18.1 Å². The molecule has 0 saturated carbocycles. The van der Waals surface area contributed by atoms with E-state index in [4.69, 9.17) is 4.74 Å². The smallest absolute Gasteiger partial charge is 0.272 e. The van der Waals surface area contributed by atoms with E-state index in [0.29, 0.717) is 18.8 Å². The number of hydrogen-bond acceptors (Lipinski definition) is 3. The summed E-state index contributed by atoms with van der Waals surface area (Å²) in [6.07, 6.45) is 0.145. The third kappa shape index (κ3) is 2.51. The zero-order valence-electron chi connectivity index (χ0n) is 11.7. The van der Waals surface area contributed by atoms with Crippen molar-refractivity contribution in [1.29, 1.82) is 0 Å². The fraction of sp³-hybridized carbons (Fsp3) is 0.375. The normalized spacial score (nSPS) is 23.0. The number of carbonyl (C=O) groups excluding carboxylic acids is 1. The molecule has 3 rings (SSSR count). The Morgan fingerprint density at radius 1 is 1.15 bits per heavy atom. The molecule has 2 atom stereocenters. The Balaban J connectivity index is 1.88. The van der Waals surface area contributed by atoms with E-state index < -0.39 is 0 Å². The van der Waals surface area contributed by atoms with Crippen molar-refractivity contribution in [3.63, 3.8) is 0 Å². The first kappa shape index (κ1) is 13.1. The number of ether oxygens (including phenoxy) is 1. The minimum absolute atomic E-state index is 0.0160. The summed E-state index contributed by atoms with van der Waals surface area (Å²) in [6.45, 7) is 5.23. The predicted octanol–water partition coefficient (Wildman–Crippen LogP) is 2.48. The van der Waals surface area contributed by atoms with E-state index in [1.54, 1.807) is 6.07 Å². The Hall–Kier alpha value is -1.94. The number of pyridine rings is 1. The maximum atomic E-state index is 12.5. The average Bonchev–Trinajstić information content (AvgIpc) is 2.45. The van der Waals surface area contributed by atoms with Crippen LogP contribution in [-0.4, -0.2) is 41.1 Å². The maximum Gasteiger partial charge on any atom is 0.272 e. The SMILES string of the molecule is C[C@H]1CN(C(=O)c2ccc3ccccc3n2)C[C@H](C)O1. The minimum atomic E-state index is -0.0160. The molecule has 0 aliphatic carbocycles. The average molecular weight is 270 g/mol. The summed E-state index contributed by atoms with van der Waals surface area (Å²) in [7, 11) is 0. The van der Waals surface area contributed by atoms with Gasteiger partial charge in [-0.3, -0.25) is 4.79 Å². The molecule has 1 amide bonds. The highest BCUT2D eigenvalue weighted by atomic mass is 16.5. The number of para-hydroxylation sites is 1. The molecule has 2 heterocycles. The van der Waals surface area contributed by atoms with Gasteiger partial charge in [-0.2, -0.15) is 0 Å².